The highest BCUT2D eigenvalue weighted by Gasteiger charge is 2.16. The van der Waals surface area contributed by atoms with Gasteiger partial charge in [0.25, 0.3) is 0 Å². The average Bonchev–Trinajstić information content (AvgIpc) is 3.21. The highest BCUT2D eigenvalue weighted by molar-refractivity contribution is 6.10. The second kappa shape index (κ2) is 8.44. The van der Waals surface area contributed by atoms with Gasteiger partial charge in [-0.1, -0.05) is 60.2 Å². The van der Waals surface area contributed by atoms with Gasteiger partial charge in [-0.05, 0) is 62.2 Å². The molecule has 0 fully saturated rings. The molecule has 0 spiro atoms. The Bertz CT molecular complexity index is 1820. The molecule has 0 radical (unpaired) electrons. The molecule has 5 nitrogen and oxygen atoms in total. The molecule has 5 heteroatoms. The van der Waals surface area contributed by atoms with E-state index in [1.165, 1.54) is 21.9 Å². The van der Waals surface area contributed by atoms with Crippen LogP contribution in [0, 0.1) is 32.1 Å². The molecule has 0 bridgehead atoms. The smallest absolute Gasteiger partial charge is 0.164 e. The first-order valence-electron chi connectivity index (χ1n) is 11.9. The molecule has 0 unspecified atom stereocenters. The van der Waals surface area contributed by atoms with Crippen LogP contribution in [0.15, 0.2) is 84.9 Å². The van der Waals surface area contributed by atoms with Crippen molar-refractivity contribution in [2.75, 3.05) is 0 Å². The molecule has 172 valence electrons. The molecule has 0 N–H and O–H groups in total. The Morgan fingerprint density at radius 1 is 0.667 bits per heavy atom. The van der Waals surface area contributed by atoms with E-state index >= 15 is 0 Å². The normalized spacial score (nSPS) is 11.2. The van der Waals surface area contributed by atoms with Crippen molar-refractivity contribution in [1.29, 1.82) is 5.26 Å². The second-order valence-electron chi connectivity index (χ2n) is 9.05. The maximum absolute atomic E-state index is 10.1. The molecule has 2 aromatic heterocycles. The molecular weight excluding hydrogens is 442 g/mol. The van der Waals surface area contributed by atoms with E-state index in [1.54, 1.807) is 0 Å². The Morgan fingerprint density at radius 2 is 1.42 bits per heavy atom. The number of aromatic nitrogens is 4. The molecule has 0 atom stereocenters. The lowest BCUT2D eigenvalue weighted by molar-refractivity contribution is 0.928. The van der Waals surface area contributed by atoms with E-state index in [0.717, 1.165) is 22.3 Å². The quantitative estimate of drug-likeness (QED) is 0.280. The van der Waals surface area contributed by atoms with Crippen LogP contribution in [0.5, 0.6) is 0 Å². The molecule has 0 aliphatic carbocycles. The lowest BCUT2D eigenvalue weighted by atomic mass is 10.0. The summed E-state index contributed by atoms with van der Waals surface area (Å²) in [5.74, 6) is 1.79. The Kier molecular flexibility index (Phi) is 5.09. The molecule has 0 aliphatic rings. The standard InChI is InChI=1S/C31H23N5/c1-19-7-6-8-22(15-19)23-11-13-28-27-9-4-5-10-29(27)36(30(28)17-23)25-12-14-26(24(16-25)18-32)31-34-20(2)33-21(3)35-31/h4-17H,1-3H3. The number of para-hydroxylation sites is 1. The van der Waals surface area contributed by atoms with Crippen LogP contribution in [0.3, 0.4) is 0 Å². The molecule has 2 heterocycles. The third-order valence-corrected chi connectivity index (χ3v) is 6.51. The summed E-state index contributed by atoms with van der Waals surface area (Å²) in [6, 6.07) is 31.8. The topological polar surface area (TPSA) is 67.4 Å². The van der Waals surface area contributed by atoms with Gasteiger partial charge < -0.3 is 4.57 Å². The van der Waals surface area contributed by atoms with Crippen molar-refractivity contribution in [2.24, 2.45) is 0 Å². The van der Waals surface area contributed by atoms with Gasteiger partial charge in [-0.15, -0.1) is 0 Å². The Balaban J connectivity index is 1.60. The number of hydrogen-bond donors (Lipinski definition) is 0. The largest absolute Gasteiger partial charge is 0.309 e. The zero-order chi connectivity index (χ0) is 24.8. The van der Waals surface area contributed by atoms with E-state index in [9.17, 15) is 5.26 Å². The van der Waals surface area contributed by atoms with Crippen molar-refractivity contribution < 1.29 is 0 Å². The van der Waals surface area contributed by atoms with E-state index in [-0.39, 0.29) is 0 Å². The summed E-state index contributed by atoms with van der Waals surface area (Å²) in [6.07, 6.45) is 0. The fraction of sp³-hybridized carbons (Fsp3) is 0.0968. The Morgan fingerprint density at radius 3 is 2.19 bits per heavy atom. The number of aryl methyl sites for hydroxylation is 3. The van der Waals surface area contributed by atoms with Gasteiger partial charge in [0.2, 0.25) is 0 Å². The predicted molar refractivity (Wildman–Crippen MR) is 144 cm³/mol. The lowest BCUT2D eigenvalue weighted by Crippen LogP contribution is -2.01. The van der Waals surface area contributed by atoms with Crippen LogP contribution in [0.4, 0.5) is 0 Å². The fourth-order valence-electron chi connectivity index (χ4n) is 4.95. The lowest BCUT2D eigenvalue weighted by Gasteiger charge is -2.12. The van der Waals surface area contributed by atoms with E-state index in [0.29, 0.717) is 28.6 Å². The third kappa shape index (κ3) is 3.60. The van der Waals surface area contributed by atoms with Gasteiger partial charge in [0.15, 0.2) is 5.82 Å². The number of rotatable bonds is 3. The van der Waals surface area contributed by atoms with Crippen LogP contribution < -0.4 is 0 Å². The van der Waals surface area contributed by atoms with Gasteiger partial charge in [-0.2, -0.15) is 5.26 Å². The number of nitriles is 1. The highest BCUT2D eigenvalue weighted by Crippen LogP contribution is 2.36. The SMILES string of the molecule is Cc1cccc(-c2ccc3c4ccccc4n(-c4ccc(-c5nc(C)nc(C)n5)c(C#N)c4)c3c2)c1. The highest BCUT2D eigenvalue weighted by atomic mass is 15.0. The van der Waals surface area contributed by atoms with Crippen molar-refractivity contribution in [3.8, 4) is 34.3 Å². The first kappa shape index (κ1) is 21.7. The monoisotopic (exact) mass is 465 g/mol. The molecule has 36 heavy (non-hydrogen) atoms. The first-order chi connectivity index (χ1) is 17.5. The molecule has 6 aromatic rings. The zero-order valence-electron chi connectivity index (χ0n) is 20.3. The van der Waals surface area contributed by atoms with Crippen LogP contribution in [0.2, 0.25) is 0 Å². The maximum Gasteiger partial charge on any atom is 0.164 e. The van der Waals surface area contributed by atoms with Crippen LogP contribution >= 0.6 is 0 Å². The van der Waals surface area contributed by atoms with Crippen molar-refractivity contribution in [1.82, 2.24) is 19.5 Å². The summed E-state index contributed by atoms with van der Waals surface area (Å²) in [7, 11) is 0. The average molecular weight is 466 g/mol. The van der Waals surface area contributed by atoms with Gasteiger partial charge in [0.1, 0.15) is 11.6 Å². The summed E-state index contributed by atoms with van der Waals surface area (Å²) >= 11 is 0. The van der Waals surface area contributed by atoms with Crippen molar-refractivity contribution in [2.45, 2.75) is 20.8 Å². The summed E-state index contributed by atoms with van der Waals surface area (Å²) < 4.78 is 2.23. The molecular formula is C31H23N5. The van der Waals surface area contributed by atoms with Crippen LogP contribution in [-0.2, 0) is 0 Å². The molecule has 0 amide bonds. The minimum Gasteiger partial charge on any atom is -0.309 e. The van der Waals surface area contributed by atoms with Crippen molar-refractivity contribution in [3.05, 3.63) is 108 Å². The zero-order valence-corrected chi connectivity index (χ0v) is 20.3. The Hall–Kier alpha value is -4.82. The number of fused-ring (bicyclic) bond motifs is 3. The van der Waals surface area contributed by atoms with Gasteiger partial charge in [-0.3, -0.25) is 0 Å². The van der Waals surface area contributed by atoms with Gasteiger partial charge in [-0.25, -0.2) is 15.0 Å². The Labute approximate surface area is 209 Å². The number of hydrogen-bond acceptors (Lipinski definition) is 4. The number of benzene rings is 4. The van der Waals surface area contributed by atoms with Gasteiger partial charge >= 0.3 is 0 Å². The number of nitrogens with zero attached hydrogens (tertiary/aromatic N) is 5. The summed E-state index contributed by atoms with van der Waals surface area (Å²) in [6.45, 7) is 5.78. The van der Waals surface area contributed by atoms with E-state index in [2.05, 4.69) is 99.2 Å². The maximum atomic E-state index is 10.1. The molecule has 0 saturated heterocycles. The predicted octanol–water partition coefficient (Wildman–Crippen LogP) is 7.10. The fourth-order valence-corrected chi connectivity index (χ4v) is 4.95. The van der Waals surface area contributed by atoms with Crippen LogP contribution in [-0.4, -0.2) is 19.5 Å². The summed E-state index contributed by atoms with van der Waals surface area (Å²) in [5.41, 5.74) is 7.91. The molecule has 6 rings (SSSR count). The molecule has 0 aliphatic heterocycles. The van der Waals surface area contributed by atoms with Crippen LogP contribution in [0.25, 0.3) is 50.0 Å². The second-order valence-corrected chi connectivity index (χ2v) is 9.05. The summed E-state index contributed by atoms with van der Waals surface area (Å²) in [5, 5.41) is 12.4. The van der Waals surface area contributed by atoms with E-state index < -0.39 is 0 Å². The minimum absolute atomic E-state index is 0.520. The molecule has 4 aromatic carbocycles. The van der Waals surface area contributed by atoms with Gasteiger partial charge in [0, 0.05) is 22.0 Å². The third-order valence-electron chi connectivity index (χ3n) is 6.51. The molecule has 0 saturated carbocycles. The van der Waals surface area contributed by atoms with Crippen molar-refractivity contribution in [3.63, 3.8) is 0 Å². The van der Waals surface area contributed by atoms with Crippen molar-refractivity contribution >= 4 is 21.8 Å². The minimum atomic E-state index is 0.520. The van der Waals surface area contributed by atoms with Gasteiger partial charge in [0.05, 0.1) is 22.7 Å². The first-order valence-corrected chi connectivity index (χ1v) is 11.9. The van der Waals surface area contributed by atoms with E-state index in [1.807, 2.05) is 32.0 Å². The summed E-state index contributed by atoms with van der Waals surface area (Å²) in [4.78, 5) is 13.2. The van der Waals surface area contributed by atoms with Crippen LogP contribution in [0.1, 0.15) is 22.8 Å². The van der Waals surface area contributed by atoms with E-state index in [4.69, 9.17) is 0 Å².